The summed E-state index contributed by atoms with van der Waals surface area (Å²) in [4.78, 5) is 0. The van der Waals surface area contributed by atoms with E-state index in [2.05, 4.69) is 5.32 Å². The summed E-state index contributed by atoms with van der Waals surface area (Å²) in [5, 5.41) is 24.2. The first-order chi connectivity index (χ1) is 9.06. The molecule has 0 saturated heterocycles. The smallest absolute Gasteiger partial charge is 0.0429 e. The third-order valence-electron chi connectivity index (χ3n) is 2.44. The van der Waals surface area contributed by atoms with Crippen LogP contribution in [0, 0.1) is 5.21 Å². The molecule has 0 aliphatic heterocycles. The zero-order valence-corrected chi connectivity index (χ0v) is 9.82. The van der Waals surface area contributed by atoms with E-state index < -0.39 is 0 Å². The van der Waals surface area contributed by atoms with Crippen LogP contribution in [0.4, 0.5) is 22.7 Å². The molecular weight excluding hydrogens is 246 g/mol. The van der Waals surface area contributed by atoms with Crippen molar-refractivity contribution in [3.05, 3.63) is 70.7 Å². The number of nitrogens with zero attached hydrogens (tertiary/aromatic N) is 3. The van der Waals surface area contributed by atoms with E-state index in [0.29, 0.717) is 17.1 Å². The lowest BCUT2D eigenvalue weighted by Crippen LogP contribution is -2.03. The summed E-state index contributed by atoms with van der Waals surface area (Å²) < 4.78 is 0. The first-order valence-electron chi connectivity index (χ1n) is 5.37. The fourth-order valence-corrected chi connectivity index (χ4v) is 1.48. The number of hydrogen-bond donors (Lipinski definition) is 1. The van der Waals surface area contributed by atoms with Gasteiger partial charge in [0.25, 0.3) is 0 Å². The van der Waals surface area contributed by atoms with Crippen LogP contribution >= 0.6 is 0 Å². The van der Waals surface area contributed by atoms with Gasteiger partial charge in [0.15, 0.2) is 0 Å². The predicted molar refractivity (Wildman–Crippen MR) is 74.3 cm³/mol. The molecule has 7 heteroatoms. The number of anilines is 2. The maximum atomic E-state index is 10.7. The van der Waals surface area contributed by atoms with Gasteiger partial charge in [-0.05, 0) is 24.3 Å². The van der Waals surface area contributed by atoms with Crippen LogP contribution in [-0.4, -0.2) is 5.21 Å². The van der Waals surface area contributed by atoms with Crippen LogP contribution in [0.15, 0.2) is 48.5 Å². The molecule has 7 nitrogen and oxygen atoms in total. The fourth-order valence-electron chi connectivity index (χ4n) is 1.48. The molecule has 0 saturated carbocycles. The van der Waals surface area contributed by atoms with Gasteiger partial charge >= 0.3 is 0 Å². The normalized spacial score (nSPS) is 10.1. The number of rotatable bonds is 4. The van der Waals surface area contributed by atoms with Gasteiger partial charge < -0.3 is 37.8 Å². The van der Waals surface area contributed by atoms with Crippen LogP contribution in [0.2, 0.25) is 0 Å². The van der Waals surface area contributed by atoms with Gasteiger partial charge in [-0.1, -0.05) is 24.3 Å². The van der Waals surface area contributed by atoms with Gasteiger partial charge in [0.1, 0.15) is 0 Å². The van der Waals surface area contributed by atoms with E-state index in [-0.39, 0.29) is 16.0 Å². The molecule has 3 N–H and O–H groups in total. The summed E-state index contributed by atoms with van der Waals surface area (Å²) >= 11 is 0. The second kappa shape index (κ2) is 5.55. The summed E-state index contributed by atoms with van der Waals surface area (Å²) in [7, 11) is 0. The Labute approximate surface area is 110 Å². The number of benzene rings is 2. The van der Waals surface area contributed by atoms with Gasteiger partial charge in [-0.25, -0.2) is 0 Å². The summed E-state index contributed by atoms with van der Waals surface area (Å²) in [5.41, 5.74) is 1.87. The van der Waals surface area contributed by atoms with Crippen molar-refractivity contribution in [1.29, 1.82) is 0 Å². The minimum Gasteiger partial charge on any atom is -0.776 e. The Morgan fingerprint density at radius 1 is 0.842 bits per heavy atom. The molecule has 100 valence electrons. The molecule has 19 heavy (non-hydrogen) atoms. The zero-order chi connectivity index (χ0) is 13.8. The van der Waals surface area contributed by atoms with Crippen molar-refractivity contribution in [1.82, 2.24) is 0 Å². The predicted octanol–water partition coefficient (Wildman–Crippen LogP) is 4.46. The standard InChI is InChI=1S/C12H11N5O2/c13-16(18)11-5-1-9(2-6-11)15-10-3-7-12(8-4-10)17(14)19/h1-8,13-14,18H/q-4. The van der Waals surface area contributed by atoms with Crippen molar-refractivity contribution in [2.24, 2.45) is 0 Å². The Bertz CT molecular complexity index is 475. The Hall–Kier alpha value is -2.32. The van der Waals surface area contributed by atoms with E-state index in [9.17, 15) is 5.21 Å². The first-order valence-corrected chi connectivity index (χ1v) is 5.37. The van der Waals surface area contributed by atoms with Gasteiger partial charge in [-0.15, -0.1) is 11.4 Å². The lowest BCUT2D eigenvalue weighted by atomic mass is 10.2. The van der Waals surface area contributed by atoms with Crippen molar-refractivity contribution < 1.29 is 5.21 Å². The van der Waals surface area contributed by atoms with Gasteiger partial charge in [0.2, 0.25) is 0 Å². The molecular formula is C12H11N5O2-4. The highest BCUT2D eigenvalue weighted by Gasteiger charge is 1.89. The summed E-state index contributed by atoms with van der Waals surface area (Å²) in [5.74, 6) is 13.9. The minimum atomic E-state index is 0.0304. The van der Waals surface area contributed by atoms with Crippen LogP contribution in [0.25, 0.3) is 17.0 Å². The van der Waals surface area contributed by atoms with E-state index in [4.69, 9.17) is 16.9 Å². The topological polar surface area (TPSA) is 111 Å². The minimum absolute atomic E-state index is 0.0304. The maximum absolute atomic E-state index is 10.7. The highest BCUT2D eigenvalue weighted by molar-refractivity contribution is 5.69. The Morgan fingerprint density at radius 3 is 1.63 bits per heavy atom. The van der Waals surface area contributed by atoms with Gasteiger partial charge in [0.05, 0.1) is 0 Å². The van der Waals surface area contributed by atoms with Gasteiger partial charge in [-0.2, -0.15) is 0 Å². The van der Waals surface area contributed by atoms with Crippen molar-refractivity contribution in [2.45, 2.75) is 0 Å². The van der Waals surface area contributed by atoms with Crippen LogP contribution in [0.5, 0.6) is 0 Å². The number of nitrogens with one attached hydrogen (secondary N) is 2. The molecule has 0 aliphatic rings. The monoisotopic (exact) mass is 257 g/mol. The van der Waals surface area contributed by atoms with E-state index in [1.807, 2.05) is 0 Å². The second-order valence-corrected chi connectivity index (χ2v) is 3.75. The fraction of sp³-hybridized carbons (Fsp3) is 0. The molecule has 0 amide bonds. The third-order valence-corrected chi connectivity index (χ3v) is 2.44. The molecule has 2 aromatic rings. The quantitative estimate of drug-likeness (QED) is 0.814. The highest BCUT2D eigenvalue weighted by atomic mass is 16.5. The molecule has 2 aromatic carbocycles. The lowest BCUT2D eigenvalue weighted by Gasteiger charge is -2.36. The second-order valence-electron chi connectivity index (χ2n) is 3.75. The molecule has 0 bridgehead atoms. The van der Waals surface area contributed by atoms with E-state index in [1.54, 1.807) is 36.4 Å². The van der Waals surface area contributed by atoms with Crippen LogP contribution < -0.4 is 10.3 Å². The molecule has 2 rings (SSSR count). The Morgan fingerprint density at radius 2 is 1.26 bits per heavy atom. The molecule has 0 fully saturated rings. The Balaban J connectivity index is 2.08. The molecule has 0 unspecified atom stereocenters. The summed E-state index contributed by atoms with van der Waals surface area (Å²) in [6.45, 7) is 0. The molecule has 0 radical (unpaired) electrons. The van der Waals surface area contributed by atoms with Crippen molar-refractivity contribution >= 4 is 22.7 Å². The number of hydrogen-bond acceptors (Lipinski definition) is 4. The molecule has 0 aromatic heterocycles. The average Bonchev–Trinajstić information content (AvgIpc) is 2.40. The van der Waals surface area contributed by atoms with Gasteiger partial charge in [-0.3, -0.25) is 0 Å². The van der Waals surface area contributed by atoms with Crippen LogP contribution in [0.1, 0.15) is 0 Å². The van der Waals surface area contributed by atoms with Gasteiger partial charge in [0, 0.05) is 11.4 Å². The molecule has 0 atom stereocenters. The molecule has 0 heterocycles. The third kappa shape index (κ3) is 3.33. The van der Waals surface area contributed by atoms with Crippen molar-refractivity contribution in [3.63, 3.8) is 0 Å². The largest absolute Gasteiger partial charge is 0.776 e. The molecule has 0 spiro atoms. The summed E-state index contributed by atoms with van der Waals surface area (Å²) in [6.07, 6.45) is 0. The SMILES string of the molecule is [NH-]N([O-])c1ccc([N-]c2ccc(N([NH-])O)cc2)cc1. The van der Waals surface area contributed by atoms with Crippen LogP contribution in [-0.2, 0) is 0 Å². The van der Waals surface area contributed by atoms with E-state index >= 15 is 0 Å². The van der Waals surface area contributed by atoms with Crippen molar-refractivity contribution in [3.8, 4) is 0 Å². The summed E-state index contributed by atoms with van der Waals surface area (Å²) in [6, 6.07) is 12.7. The van der Waals surface area contributed by atoms with Crippen molar-refractivity contribution in [2.75, 3.05) is 10.3 Å². The zero-order valence-electron chi connectivity index (χ0n) is 9.82. The van der Waals surface area contributed by atoms with E-state index in [1.165, 1.54) is 12.1 Å². The first kappa shape index (κ1) is 13.1. The maximum Gasteiger partial charge on any atom is 0.0429 e. The van der Waals surface area contributed by atoms with E-state index in [0.717, 1.165) is 0 Å². The highest BCUT2D eigenvalue weighted by Crippen LogP contribution is 2.32. The lowest BCUT2D eigenvalue weighted by molar-refractivity contribution is 0.296. The Kier molecular flexibility index (Phi) is 3.83. The van der Waals surface area contributed by atoms with Crippen LogP contribution in [0.3, 0.4) is 0 Å². The molecule has 0 aliphatic carbocycles. The average molecular weight is 257 g/mol.